The molecule has 1 atom stereocenters. The first kappa shape index (κ1) is 11.7. The van der Waals surface area contributed by atoms with Crippen molar-refractivity contribution >= 4 is 0 Å². The largest absolute Gasteiger partial charge is 0.314 e. The predicted octanol–water partition coefficient (Wildman–Crippen LogP) is 3.12. The SMILES string of the molecule is C=CCCC(CCC)NCCC. The zero-order valence-corrected chi connectivity index (χ0v) is 8.60. The van der Waals surface area contributed by atoms with Gasteiger partial charge in [0.05, 0.1) is 0 Å². The number of hydrogen-bond donors (Lipinski definition) is 1. The van der Waals surface area contributed by atoms with Gasteiger partial charge in [0, 0.05) is 6.04 Å². The second kappa shape index (κ2) is 8.79. The molecule has 0 aromatic rings. The van der Waals surface area contributed by atoms with E-state index in [1.165, 1.54) is 25.7 Å². The fourth-order valence-corrected chi connectivity index (χ4v) is 1.36. The van der Waals surface area contributed by atoms with Crippen LogP contribution in [-0.4, -0.2) is 12.6 Å². The van der Waals surface area contributed by atoms with Crippen LogP contribution in [-0.2, 0) is 0 Å². The molecule has 72 valence electrons. The molecule has 0 fully saturated rings. The molecule has 0 heterocycles. The Bertz CT molecular complexity index is 99.2. The molecule has 0 aromatic carbocycles. The zero-order chi connectivity index (χ0) is 9.23. The van der Waals surface area contributed by atoms with Crippen molar-refractivity contribution in [3.63, 3.8) is 0 Å². The second-order valence-corrected chi connectivity index (χ2v) is 3.31. The van der Waals surface area contributed by atoms with Crippen molar-refractivity contribution in [1.82, 2.24) is 5.32 Å². The lowest BCUT2D eigenvalue weighted by Crippen LogP contribution is -2.29. The molecule has 1 heteroatoms. The summed E-state index contributed by atoms with van der Waals surface area (Å²) < 4.78 is 0. The quantitative estimate of drug-likeness (QED) is 0.550. The third kappa shape index (κ3) is 6.41. The Labute approximate surface area is 77.2 Å². The Morgan fingerprint density at radius 2 is 2.00 bits per heavy atom. The van der Waals surface area contributed by atoms with Crippen LogP contribution in [0.1, 0.15) is 46.0 Å². The van der Waals surface area contributed by atoms with Crippen LogP contribution < -0.4 is 5.32 Å². The molecule has 0 amide bonds. The first-order valence-electron chi connectivity index (χ1n) is 5.19. The van der Waals surface area contributed by atoms with Gasteiger partial charge in [0.15, 0.2) is 0 Å². The minimum Gasteiger partial charge on any atom is -0.314 e. The Hall–Kier alpha value is -0.300. The highest BCUT2D eigenvalue weighted by atomic mass is 14.9. The maximum absolute atomic E-state index is 3.75. The van der Waals surface area contributed by atoms with Gasteiger partial charge in [0.25, 0.3) is 0 Å². The molecule has 0 spiro atoms. The Balaban J connectivity index is 3.46. The summed E-state index contributed by atoms with van der Waals surface area (Å²) in [5.41, 5.74) is 0. The fourth-order valence-electron chi connectivity index (χ4n) is 1.36. The Kier molecular flexibility index (Phi) is 8.57. The first-order chi connectivity index (χ1) is 5.85. The van der Waals surface area contributed by atoms with Gasteiger partial charge in [-0.05, 0) is 32.2 Å². The van der Waals surface area contributed by atoms with Crippen LogP contribution in [0.4, 0.5) is 0 Å². The molecular weight excluding hydrogens is 146 g/mol. The molecule has 1 unspecified atom stereocenters. The van der Waals surface area contributed by atoms with E-state index in [-0.39, 0.29) is 0 Å². The van der Waals surface area contributed by atoms with E-state index >= 15 is 0 Å². The predicted molar refractivity (Wildman–Crippen MR) is 56.4 cm³/mol. The van der Waals surface area contributed by atoms with E-state index in [9.17, 15) is 0 Å². The summed E-state index contributed by atoms with van der Waals surface area (Å²) in [5.74, 6) is 0. The topological polar surface area (TPSA) is 12.0 Å². The molecule has 0 rings (SSSR count). The molecule has 1 N–H and O–H groups in total. The smallest absolute Gasteiger partial charge is 0.00699 e. The third-order valence-electron chi connectivity index (χ3n) is 2.04. The summed E-state index contributed by atoms with van der Waals surface area (Å²) in [4.78, 5) is 0. The van der Waals surface area contributed by atoms with Crippen molar-refractivity contribution in [3.8, 4) is 0 Å². The monoisotopic (exact) mass is 169 g/mol. The van der Waals surface area contributed by atoms with Crippen LogP contribution in [0.2, 0.25) is 0 Å². The van der Waals surface area contributed by atoms with Gasteiger partial charge < -0.3 is 5.32 Å². The molecule has 12 heavy (non-hydrogen) atoms. The van der Waals surface area contributed by atoms with Gasteiger partial charge in [-0.1, -0.05) is 26.3 Å². The average molecular weight is 169 g/mol. The Morgan fingerprint density at radius 3 is 2.50 bits per heavy atom. The summed E-state index contributed by atoms with van der Waals surface area (Å²) >= 11 is 0. The first-order valence-corrected chi connectivity index (χ1v) is 5.19. The van der Waals surface area contributed by atoms with Crippen molar-refractivity contribution in [1.29, 1.82) is 0 Å². The number of nitrogens with one attached hydrogen (secondary N) is 1. The summed E-state index contributed by atoms with van der Waals surface area (Å²) in [6.45, 7) is 9.36. The number of hydrogen-bond acceptors (Lipinski definition) is 1. The van der Waals surface area contributed by atoms with Gasteiger partial charge in [0.2, 0.25) is 0 Å². The molecule has 0 aliphatic carbocycles. The van der Waals surface area contributed by atoms with Gasteiger partial charge in [-0.3, -0.25) is 0 Å². The average Bonchev–Trinajstić information content (AvgIpc) is 2.10. The lowest BCUT2D eigenvalue weighted by atomic mass is 10.1. The highest BCUT2D eigenvalue weighted by Crippen LogP contribution is 2.04. The van der Waals surface area contributed by atoms with Crippen LogP contribution in [0.25, 0.3) is 0 Å². The van der Waals surface area contributed by atoms with Gasteiger partial charge in [-0.2, -0.15) is 0 Å². The molecule has 0 bridgehead atoms. The zero-order valence-electron chi connectivity index (χ0n) is 8.60. The molecule has 1 nitrogen and oxygen atoms in total. The normalized spacial score (nSPS) is 12.8. The van der Waals surface area contributed by atoms with Crippen LogP contribution in [0.15, 0.2) is 12.7 Å². The van der Waals surface area contributed by atoms with Crippen molar-refractivity contribution in [2.45, 2.75) is 52.0 Å². The fraction of sp³-hybridized carbons (Fsp3) is 0.818. The number of rotatable bonds is 8. The van der Waals surface area contributed by atoms with E-state index in [2.05, 4.69) is 25.7 Å². The third-order valence-corrected chi connectivity index (χ3v) is 2.04. The summed E-state index contributed by atoms with van der Waals surface area (Å²) in [6.07, 6.45) is 8.20. The van der Waals surface area contributed by atoms with E-state index in [4.69, 9.17) is 0 Å². The van der Waals surface area contributed by atoms with Gasteiger partial charge in [0.1, 0.15) is 0 Å². The number of allylic oxidation sites excluding steroid dienone is 1. The van der Waals surface area contributed by atoms with E-state index in [0.717, 1.165) is 13.0 Å². The highest BCUT2D eigenvalue weighted by Gasteiger charge is 2.03. The van der Waals surface area contributed by atoms with Gasteiger partial charge >= 0.3 is 0 Å². The highest BCUT2D eigenvalue weighted by molar-refractivity contribution is 4.73. The van der Waals surface area contributed by atoms with Gasteiger partial charge in [-0.15, -0.1) is 6.58 Å². The van der Waals surface area contributed by atoms with Crippen LogP contribution in [0.3, 0.4) is 0 Å². The Morgan fingerprint density at radius 1 is 1.25 bits per heavy atom. The maximum Gasteiger partial charge on any atom is 0.00699 e. The lowest BCUT2D eigenvalue weighted by molar-refractivity contribution is 0.452. The molecule has 0 aliphatic heterocycles. The summed E-state index contributed by atoms with van der Waals surface area (Å²) in [7, 11) is 0. The lowest BCUT2D eigenvalue weighted by Gasteiger charge is -2.16. The van der Waals surface area contributed by atoms with Crippen LogP contribution in [0.5, 0.6) is 0 Å². The van der Waals surface area contributed by atoms with Gasteiger partial charge in [-0.25, -0.2) is 0 Å². The molecule has 0 aromatic heterocycles. The van der Waals surface area contributed by atoms with Crippen molar-refractivity contribution < 1.29 is 0 Å². The standard InChI is InChI=1S/C11H23N/c1-4-7-9-11(8-5-2)12-10-6-3/h4,11-12H,1,5-10H2,2-3H3. The van der Waals surface area contributed by atoms with Crippen molar-refractivity contribution in [2.75, 3.05) is 6.54 Å². The minimum atomic E-state index is 0.716. The summed E-state index contributed by atoms with van der Waals surface area (Å²) in [5, 5.41) is 3.56. The molecule has 0 saturated carbocycles. The van der Waals surface area contributed by atoms with Crippen LogP contribution >= 0.6 is 0 Å². The van der Waals surface area contributed by atoms with E-state index < -0.39 is 0 Å². The molecule has 0 aliphatic rings. The van der Waals surface area contributed by atoms with E-state index in [0.29, 0.717) is 6.04 Å². The van der Waals surface area contributed by atoms with Crippen molar-refractivity contribution in [3.05, 3.63) is 12.7 Å². The summed E-state index contributed by atoms with van der Waals surface area (Å²) in [6, 6.07) is 0.716. The second-order valence-electron chi connectivity index (χ2n) is 3.31. The molecule has 0 radical (unpaired) electrons. The van der Waals surface area contributed by atoms with Crippen LogP contribution in [0, 0.1) is 0 Å². The maximum atomic E-state index is 3.75. The van der Waals surface area contributed by atoms with E-state index in [1.54, 1.807) is 0 Å². The minimum absolute atomic E-state index is 0.716. The van der Waals surface area contributed by atoms with Crippen molar-refractivity contribution in [2.24, 2.45) is 0 Å². The molecular formula is C11H23N. The molecule has 0 saturated heterocycles. The van der Waals surface area contributed by atoms with E-state index in [1.807, 2.05) is 6.08 Å².